The molecule has 2 N–H and O–H groups in total. The minimum Gasteiger partial charge on any atom is -0.496 e. The number of benzene rings is 2. The molecule has 2 aromatic carbocycles. The van der Waals surface area contributed by atoms with Gasteiger partial charge in [-0.3, -0.25) is 4.79 Å². The van der Waals surface area contributed by atoms with Gasteiger partial charge in [-0.15, -0.1) is 0 Å². The van der Waals surface area contributed by atoms with Crippen LogP contribution >= 0.6 is 0 Å². The van der Waals surface area contributed by atoms with Crippen LogP contribution in [0.15, 0.2) is 54.6 Å². The Bertz CT molecular complexity index is 679. The minimum atomic E-state index is -0.0895. The lowest BCUT2D eigenvalue weighted by atomic mass is 9.74. The highest BCUT2D eigenvalue weighted by Gasteiger charge is 2.34. The summed E-state index contributed by atoms with van der Waals surface area (Å²) in [5, 5.41) is 6.61. The molecule has 1 amide bonds. The summed E-state index contributed by atoms with van der Waals surface area (Å²) < 4.78 is 5.29. The van der Waals surface area contributed by atoms with Gasteiger partial charge in [0.25, 0.3) is 5.91 Å². The zero-order chi connectivity index (χ0) is 16.8. The summed E-state index contributed by atoms with van der Waals surface area (Å²) >= 11 is 0. The topological polar surface area (TPSA) is 50.4 Å². The fourth-order valence-electron chi connectivity index (χ4n) is 3.44. The molecule has 0 aromatic heterocycles. The Kier molecular flexibility index (Phi) is 5.16. The minimum absolute atomic E-state index is 0.0583. The highest BCUT2D eigenvalue weighted by molar-refractivity contribution is 5.96. The quantitative estimate of drug-likeness (QED) is 0.889. The third-order valence-corrected chi connectivity index (χ3v) is 4.80. The molecule has 0 saturated carbocycles. The fraction of sp³-hybridized carbons (Fsp3) is 0.350. The van der Waals surface area contributed by atoms with Crippen LogP contribution in [0.1, 0.15) is 28.8 Å². The number of hydrogen-bond donors (Lipinski definition) is 2. The third kappa shape index (κ3) is 3.44. The number of piperidine rings is 1. The molecule has 126 valence electrons. The van der Waals surface area contributed by atoms with Crippen LogP contribution in [0.4, 0.5) is 0 Å². The van der Waals surface area contributed by atoms with Gasteiger partial charge < -0.3 is 15.4 Å². The molecule has 1 aliphatic heterocycles. The second-order valence-corrected chi connectivity index (χ2v) is 6.31. The Labute approximate surface area is 143 Å². The average Bonchev–Trinajstić information content (AvgIpc) is 2.67. The molecule has 0 spiro atoms. The van der Waals surface area contributed by atoms with Gasteiger partial charge in [0.05, 0.1) is 12.7 Å². The number of amides is 1. The van der Waals surface area contributed by atoms with Gasteiger partial charge in [0.2, 0.25) is 0 Å². The van der Waals surface area contributed by atoms with E-state index in [1.54, 1.807) is 13.2 Å². The van der Waals surface area contributed by atoms with Gasteiger partial charge in [-0.25, -0.2) is 0 Å². The highest BCUT2D eigenvalue weighted by atomic mass is 16.5. The van der Waals surface area contributed by atoms with E-state index < -0.39 is 0 Å². The van der Waals surface area contributed by atoms with E-state index in [9.17, 15) is 4.79 Å². The Morgan fingerprint density at radius 3 is 2.62 bits per heavy atom. The maximum Gasteiger partial charge on any atom is 0.255 e. The third-order valence-electron chi connectivity index (χ3n) is 4.80. The summed E-state index contributed by atoms with van der Waals surface area (Å²) in [6, 6.07) is 17.8. The van der Waals surface area contributed by atoms with E-state index in [-0.39, 0.29) is 11.3 Å². The summed E-state index contributed by atoms with van der Waals surface area (Å²) in [5.41, 5.74) is 1.79. The van der Waals surface area contributed by atoms with E-state index >= 15 is 0 Å². The largest absolute Gasteiger partial charge is 0.496 e. The summed E-state index contributed by atoms with van der Waals surface area (Å²) in [5.74, 6) is 0.513. The first-order valence-electron chi connectivity index (χ1n) is 8.43. The van der Waals surface area contributed by atoms with Crippen molar-refractivity contribution in [3.8, 4) is 5.75 Å². The van der Waals surface area contributed by atoms with Gasteiger partial charge >= 0.3 is 0 Å². The van der Waals surface area contributed by atoms with E-state index in [0.717, 1.165) is 25.9 Å². The van der Waals surface area contributed by atoms with Crippen molar-refractivity contribution in [2.45, 2.75) is 18.3 Å². The molecule has 1 heterocycles. The molecule has 4 heteroatoms. The van der Waals surface area contributed by atoms with Crippen molar-refractivity contribution in [2.24, 2.45) is 0 Å². The standard InChI is InChI=1S/C20H24N2O2/c1-24-18-11-6-5-10-17(18)19(23)22-15-20(12-7-13-21-14-20)16-8-3-2-4-9-16/h2-6,8-11,21H,7,12-15H2,1H3,(H,22,23). The molecule has 1 unspecified atom stereocenters. The lowest BCUT2D eigenvalue weighted by molar-refractivity contribution is 0.0936. The fourth-order valence-corrected chi connectivity index (χ4v) is 3.44. The maximum atomic E-state index is 12.6. The lowest BCUT2D eigenvalue weighted by Gasteiger charge is -2.38. The molecule has 1 atom stereocenters. The zero-order valence-electron chi connectivity index (χ0n) is 14.0. The van der Waals surface area contributed by atoms with Crippen LogP contribution < -0.4 is 15.4 Å². The van der Waals surface area contributed by atoms with Crippen molar-refractivity contribution in [2.75, 3.05) is 26.7 Å². The van der Waals surface area contributed by atoms with E-state index in [2.05, 4.69) is 34.9 Å². The molecule has 1 saturated heterocycles. The van der Waals surface area contributed by atoms with Gasteiger partial charge in [0.1, 0.15) is 5.75 Å². The molecule has 4 nitrogen and oxygen atoms in total. The number of carbonyl (C=O) groups excluding carboxylic acids is 1. The predicted molar refractivity (Wildman–Crippen MR) is 95.6 cm³/mol. The number of carbonyl (C=O) groups is 1. The summed E-state index contributed by atoms with van der Waals surface area (Å²) in [7, 11) is 1.59. The van der Waals surface area contributed by atoms with Gasteiger partial charge in [-0.1, -0.05) is 42.5 Å². The van der Waals surface area contributed by atoms with Gasteiger partial charge in [-0.2, -0.15) is 0 Å². The number of hydrogen-bond acceptors (Lipinski definition) is 3. The second-order valence-electron chi connectivity index (χ2n) is 6.31. The zero-order valence-corrected chi connectivity index (χ0v) is 14.0. The van der Waals surface area contributed by atoms with E-state index in [1.165, 1.54) is 5.56 Å². The first-order chi connectivity index (χ1) is 11.7. The van der Waals surface area contributed by atoms with Crippen molar-refractivity contribution in [1.29, 1.82) is 0 Å². The molecule has 3 rings (SSSR count). The summed E-state index contributed by atoms with van der Waals surface area (Å²) in [6.07, 6.45) is 2.18. The van der Waals surface area contributed by atoms with Gasteiger partial charge in [0.15, 0.2) is 0 Å². The van der Waals surface area contributed by atoms with Crippen molar-refractivity contribution < 1.29 is 9.53 Å². The normalized spacial score (nSPS) is 20.4. The number of ether oxygens (including phenoxy) is 1. The van der Waals surface area contributed by atoms with Crippen molar-refractivity contribution in [3.63, 3.8) is 0 Å². The first kappa shape index (κ1) is 16.5. The molecule has 0 aliphatic carbocycles. The average molecular weight is 324 g/mol. The first-order valence-corrected chi connectivity index (χ1v) is 8.43. The molecule has 0 bridgehead atoms. The van der Waals surface area contributed by atoms with E-state index in [0.29, 0.717) is 17.9 Å². The molecular formula is C20H24N2O2. The molecule has 1 aliphatic rings. The van der Waals surface area contributed by atoms with Crippen LogP contribution in [0.3, 0.4) is 0 Å². The SMILES string of the molecule is COc1ccccc1C(=O)NCC1(c2ccccc2)CCCNC1. The lowest BCUT2D eigenvalue weighted by Crippen LogP contribution is -2.50. The van der Waals surface area contributed by atoms with Crippen LogP contribution in [0, 0.1) is 0 Å². The Balaban J connectivity index is 1.78. The van der Waals surface area contributed by atoms with Crippen LogP contribution in [0.25, 0.3) is 0 Å². The molecule has 24 heavy (non-hydrogen) atoms. The van der Waals surface area contributed by atoms with Crippen molar-refractivity contribution in [1.82, 2.24) is 10.6 Å². The molecule has 1 fully saturated rings. The van der Waals surface area contributed by atoms with Crippen LogP contribution in [-0.4, -0.2) is 32.7 Å². The second kappa shape index (κ2) is 7.49. The van der Waals surface area contributed by atoms with Crippen molar-refractivity contribution in [3.05, 3.63) is 65.7 Å². The summed E-state index contributed by atoms with van der Waals surface area (Å²) in [6.45, 7) is 2.53. The van der Waals surface area contributed by atoms with Crippen molar-refractivity contribution >= 4 is 5.91 Å². The van der Waals surface area contributed by atoms with Crippen LogP contribution in [-0.2, 0) is 5.41 Å². The highest BCUT2D eigenvalue weighted by Crippen LogP contribution is 2.31. The number of para-hydroxylation sites is 1. The monoisotopic (exact) mass is 324 g/mol. The van der Waals surface area contributed by atoms with Gasteiger partial charge in [0, 0.05) is 18.5 Å². The number of nitrogens with one attached hydrogen (secondary N) is 2. The smallest absolute Gasteiger partial charge is 0.255 e. The Hall–Kier alpha value is -2.33. The van der Waals surface area contributed by atoms with Crippen LogP contribution in [0.2, 0.25) is 0 Å². The molecule has 2 aromatic rings. The van der Waals surface area contributed by atoms with Gasteiger partial charge in [-0.05, 0) is 37.1 Å². The number of methoxy groups -OCH3 is 1. The van der Waals surface area contributed by atoms with E-state index in [1.807, 2.05) is 24.3 Å². The Morgan fingerprint density at radius 2 is 1.92 bits per heavy atom. The number of rotatable bonds is 5. The molecular weight excluding hydrogens is 300 g/mol. The Morgan fingerprint density at radius 1 is 1.17 bits per heavy atom. The predicted octanol–water partition coefficient (Wildman–Crippen LogP) is 2.75. The van der Waals surface area contributed by atoms with E-state index in [4.69, 9.17) is 4.74 Å². The summed E-state index contributed by atoms with van der Waals surface area (Å²) in [4.78, 5) is 12.6. The maximum absolute atomic E-state index is 12.6. The van der Waals surface area contributed by atoms with Crippen LogP contribution in [0.5, 0.6) is 5.75 Å². The molecule has 0 radical (unpaired) electrons.